The molecule has 0 bridgehead atoms. The fourth-order valence-electron chi connectivity index (χ4n) is 2.21. The third-order valence-electron chi connectivity index (χ3n) is 3.50. The summed E-state index contributed by atoms with van der Waals surface area (Å²) in [4.78, 5) is 17.8. The average Bonchev–Trinajstić information content (AvgIpc) is 2.73. The molecule has 5 nitrogen and oxygen atoms in total. The molecule has 0 aromatic carbocycles. The Balaban J connectivity index is 2.33. The van der Waals surface area contributed by atoms with E-state index < -0.39 is 5.41 Å². The standard InChI is InChI=1S/C13H16N4O/c1-9-3-4-10(7-14)11(16-9)17-6-5-13(2,8-17)12(15)18/h3-4H,5-6,8H2,1-2H3,(H2,15,18). The zero-order valence-electron chi connectivity index (χ0n) is 10.6. The van der Waals surface area contributed by atoms with Crippen LogP contribution in [0.15, 0.2) is 12.1 Å². The molecule has 1 atom stereocenters. The van der Waals surface area contributed by atoms with Crippen LogP contribution in [0.4, 0.5) is 5.82 Å². The first-order valence-corrected chi connectivity index (χ1v) is 5.89. The van der Waals surface area contributed by atoms with Crippen molar-refractivity contribution in [2.45, 2.75) is 20.3 Å². The molecule has 1 aromatic rings. The summed E-state index contributed by atoms with van der Waals surface area (Å²) in [5.41, 5.74) is 6.29. The third kappa shape index (κ3) is 2.02. The number of primary amides is 1. The summed E-state index contributed by atoms with van der Waals surface area (Å²) in [6.07, 6.45) is 0.697. The van der Waals surface area contributed by atoms with Gasteiger partial charge in [-0.25, -0.2) is 4.98 Å². The van der Waals surface area contributed by atoms with E-state index >= 15 is 0 Å². The van der Waals surface area contributed by atoms with Crippen LogP contribution in [0.3, 0.4) is 0 Å². The lowest BCUT2D eigenvalue weighted by molar-refractivity contribution is -0.125. The Bertz CT molecular complexity index is 534. The smallest absolute Gasteiger partial charge is 0.225 e. The minimum Gasteiger partial charge on any atom is -0.369 e. The van der Waals surface area contributed by atoms with E-state index in [0.717, 1.165) is 5.69 Å². The van der Waals surface area contributed by atoms with Crippen molar-refractivity contribution in [2.75, 3.05) is 18.0 Å². The maximum atomic E-state index is 11.4. The molecule has 1 unspecified atom stereocenters. The number of pyridine rings is 1. The largest absolute Gasteiger partial charge is 0.369 e. The number of amides is 1. The molecule has 0 spiro atoms. The molecule has 1 aliphatic heterocycles. The van der Waals surface area contributed by atoms with Crippen molar-refractivity contribution in [2.24, 2.45) is 11.1 Å². The van der Waals surface area contributed by atoms with Gasteiger partial charge in [0.05, 0.1) is 11.0 Å². The molecule has 2 heterocycles. The van der Waals surface area contributed by atoms with Crippen molar-refractivity contribution in [3.8, 4) is 6.07 Å². The molecule has 0 radical (unpaired) electrons. The number of hydrogen-bond donors (Lipinski definition) is 1. The zero-order chi connectivity index (χ0) is 13.3. The monoisotopic (exact) mass is 244 g/mol. The predicted molar refractivity (Wildman–Crippen MR) is 67.8 cm³/mol. The Labute approximate surface area is 106 Å². The van der Waals surface area contributed by atoms with E-state index in [4.69, 9.17) is 11.0 Å². The van der Waals surface area contributed by atoms with Crippen LogP contribution in [0.2, 0.25) is 0 Å². The number of hydrogen-bond acceptors (Lipinski definition) is 4. The van der Waals surface area contributed by atoms with Gasteiger partial charge in [-0.15, -0.1) is 0 Å². The van der Waals surface area contributed by atoms with Gasteiger partial charge in [0.1, 0.15) is 11.9 Å². The van der Waals surface area contributed by atoms with Gasteiger partial charge in [-0.2, -0.15) is 5.26 Å². The van der Waals surface area contributed by atoms with Gasteiger partial charge in [-0.1, -0.05) is 0 Å². The first kappa shape index (κ1) is 12.4. The predicted octanol–water partition coefficient (Wildman–Crippen LogP) is 0.963. The first-order valence-electron chi connectivity index (χ1n) is 5.89. The van der Waals surface area contributed by atoms with Crippen LogP contribution in [-0.4, -0.2) is 24.0 Å². The Morgan fingerprint density at radius 3 is 2.89 bits per heavy atom. The number of anilines is 1. The number of carbonyl (C=O) groups excluding carboxylic acids is 1. The Morgan fingerprint density at radius 2 is 2.33 bits per heavy atom. The Hall–Kier alpha value is -2.09. The maximum absolute atomic E-state index is 11.4. The molecule has 94 valence electrons. The highest BCUT2D eigenvalue weighted by Crippen LogP contribution is 2.33. The van der Waals surface area contributed by atoms with Crippen molar-refractivity contribution in [3.63, 3.8) is 0 Å². The minimum atomic E-state index is -0.530. The van der Waals surface area contributed by atoms with Gasteiger partial charge in [-0.3, -0.25) is 4.79 Å². The highest BCUT2D eigenvalue weighted by atomic mass is 16.1. The van der Waals surface area contributed by atoms with E-state index in [-0.39, 0.29) is 5.91 Å². The van der Waals surface area contributed by atoms with Gasteiger partial charge in [0, 0.05) is 18.8 Å². The van der Waals surface area contributed by atoms with E-state index in [0.29, 0.717) is 30.9 Å². The van der Waals surface area contributed by atoms with Crippen molar-refractivity contribution >= 4 is 11.7 Å². The van der Waals surface area contributed by atoms with Gasteiger partial charge in [0.2, 0.25) is 5.91 Å². The SMILES string of the molecule is Cc1ccc(C#N)c(N2CCC(C)(C(N)=O)C2)n1. The molecule has 1 amide bonds. The van der Waals surface area contributed by atoms with Crippen molar-refractivity contribution < 1.29 is 4.79 Å². The van der Waals surface area contributed by atoms with Crippen LogP contribution in [0.25, 0.3) is 0 Å². The highest BCUT2D eigenvalue weighted by molar-refractivity contribution is 5.82. The number of nitrogens with zero attached hydrogens (tertiary/aromatic N) is 3. The summed E-state index contributed by atoms with van der Waals surface area (Å²) in [5, 5.41) is 9.10. The summed E-state index contributed by atoms with van der Waals surface area (Å²) in [7, 11) is 0. The fraction of sp³-hybridized carbons (Fsp3) is 0.462. The second-order valence-corrected chi connectivity index (χ2v) is 5.03. The molecule has 1 aromatic heterocycles. The Morgan fingerprint density at radius 1 is 1.61 bits per heavy atom. The third-order valence-corrected chi connectivity index (χ3v) is 3.50. The normalized spacial score (nSPS) is 22.8. The second kappa shape index (κ2) is 4.30. The number of aromatic nitrogens is 1. The molecular formula is C13H16N4O. The van der Waals surface area contributed by atoms with Gasteiger partial charge in [-0.05, 0) is 32.4 Å². The molecule has 1 fully saturated rings. The van der Waals surface area contributed by atoms with Crippen LogP contribution in [0.1, 0.15) is 24.6 Å². The molecule has 0 aliphatic carbocycles. The van der Waals surface area contributed by atoms with Crippen molar-refractivity contribution in [1.29, 1.82) is 5.26 Å². The van der Waals surface area contributed by atoms with Crippen molar-refractivity contribution in [1.82, 2.24) is 4.98 Å². The lowest BCUT2D eigenvalue weighted by Crippen LogP contribution is -2.37. The van der Waals surface area contributed by atoms with E-state index in [9.17, 15) is 4.79 Å². The van der Waals surface area contributed by atoms with Gasteiger partial charge in [0.15, 0.2) is 0 Å². The summed E-state index contributed by atoms with van der Waals surface area (Å²) in [6.45, 7) is 4.96. The molecular weight excluding hydrogens is 228 g/mol. The van der Waals surface area contributed by atoms with Crippen LogP contribution in [0, 0.1) is 23.7 Å². The molecule has 2 N–H and O–H groups in total. The lowest BCUT2D eigenvalue weighted by Gasteiger charge is -2.22. The van der Waals surface area contributed by atoms with Gasteiger partial charge in [0.25, 0.3) is 0 Å². The number of nitrogens with two attached hydrogens (primary N) is 1. The minimum absolute atomic E-state index is 0.295. The van der Waals surface area contributed by atoms with Crippen LogP contribution < -0.4 is 10.6 Å². The average molecular weight is 244 g/mol. The fourth-order valence-corrected chi connectivity index (χ4v) is 2.21. The lowest BCUT2D eigenvalue weighted by atomic mass is 9.89. The number of carbonyl (C=O) groups is 1. The molecule has 18 heavy (non-hydrogen) atoms. The summed E-state index contributed by atoms with van der Waals surface area (Å²) < 4.78 is 0. The van der Waals surface area contributed by atoms with Gasteiger partial charge >= 0.3 is 0 Å². The molecule has 0 saturated carbocycles. The van der Waals surface area contributed by atoms with E-state index in [1.165, 1.54) is 0 Å². The summed E-state index contributed by atoms with van der Waals surface area (Å²) >= 11 is 0. The Kier molecular flexibility index (Phi) is 2.95. The van der Waals surface area contributed by atoms with Crippen LogP contribution >= 0.6 is 0 Å². The second-order valence-electron chi connectivity index (χ2n) is 5.03. The topological polar surface area (TPSA) is 83.0 Å². The number of aryl methyl sites for hydroxylation is 1. The van der Waals surface area contributed by atoms with E-state index in [1.807, 2.05) is 24.8 Å². The highest BCUT2D eigenvalue weighted by Gasteiger charge is 2.39. The zero-order valence-corrected chi connectivity index (χ0v) is 10.6. The summed E-state index contributed by atoms with van der Waals surface area (Å²) in [5.74, 6) is 0.360. The number of nitriles is 1. The first-order chi connectivity index (χ1) is 8.46. The molecule has 1 saturated heterocycles. The number of rotatable bonds is 2. The maximum Gasteiger partial charge on any atom is 0.225 e. The van der Waals surface area contributed by atoms with Gasteiger partial charge < -0.3 is 10.6 Å². The van der Waals surface area contributed by atoms with E-state index in [1.54, 1.807) is 6.07 Å². The van der Waals surface area contributed by atoms with Crippen LogP contribution in [-0.2, 0) is 4.79 Å². The molecule has 2 rings (SSSR count). The van der Waals surface area contributed by atoms with E-state index in [2.05, 4.69) is 11.1 Å². The quantitative estimate of drug-likeness (QED) is 0.840. The summed E-state index contributed by atoms with van der Waals surface area (Å²) in [6, 6.07) is 5.71. The van der Waals surface area contributed by atoms with Crippen LogP contribution in [0.5, 0.6) is 0 Å². The molecule has 5 heteroatoms. The van der Waals surface area contributed by atoms with Crippen molar-refractivity contribution in [3.05, 3.63) is 23.4 Å². The molecule has 1 aliphatic rings.